The molecule has 1 rings (SSSR count). The highest BCUT2D eigenvalue weighted by Gasteiger charge is 2.15. The molecule has 1 N–H and O–H groups in total. The Balaban J connectivity index is 1.86. The summed E-state index contributed by atoms with van der Waals surface area (Å²) in [6, 6.07) is 0. The van der Waals surface area contributed by atoms with Gasteiger partial charge in [-0.3, -0.25) is 4.90 Å². The van der Waals surface area contributed by atoms with E-state index in [4.69, 9.17) is 9.57 Å². The summed E-state index contributed by atoms with van der Waals surface area (Å²) in [5.41, 5.74) is 0. The molecule has 18 heavy (non-hydrogen) atoms. The van der Waals surface area contributed by atoms with Crippen LogP contribution in [0.5, 0.6) is 0 Å². The van der Waals surface area contributed by atoms with Gasteiger partial charge in [-0.25, -0.2) is 0 Å². The van der Waals surface area contributed by atoms with Gasteiger partial charge in [-0.05, 0) is 12.5 Å². The predicted molar refractivity (Wildman–Crippen MR) is 73.5 cm³/mol. The summed E-state index contributed by atoms with van der Waals surface area (Å²) in [5, 5.41) is 5.38. The van der Waals surface area contributed by atoms with Crippen molar-refractivity contribution in [3.63, 3.8) is 0 Å². The fraction of sp³-hybridized carbons (Fsp3) is 1.00. The fourth-order valence-corrected chi connectivity index (χ4v) is 1.97. The van der Waals surface area contributed by atoms with Crippen LogP contribution >= 0.6 is 0 Å². The van der Waals surface area contributed by atoms with E-state index in [1.54, 1.807) is 7.11 Å². The molecule has 1 saturated heterocycles. The molecule has 0 saturated carbocycles. The van der Waals surface area contributed by atoms with Crippen LogP contribution in [0.4, 0.5) is 0 Å². The molecule has 5 nitrogen and oxygen atoms in total. The Hall–Kier alpha value is -0.200. The van der Waals surface area contributed by atoms with Crippen LogP contribution in [0.15, 0.2) is 0 Å². The first-order valence-corrected chi connectivity index (χ1v) is 7.02. The first kappa shape index (κ1) is 15.9. The molecule has 0 bridgehead atoms. The van der Waals surface area contributed by atoms with E-state index in [0.717, 1.165) is 59.0 Å². The second-order valence-corrected chi connectivity index (χ2v) is 5.16. The number of nitrogens with one attached hydrogen (secondary N) is 1. The maximum absolute atomic E-state index is 5.62. The van der Waals surface area contributed by atoms with Crippen LogP contribution in [0, 0.1) is 5.92 Å². The lowest BCUT2D eigenvalue weighted by Gasteiger charge is -2.32. The molecule has 1 aliphatic rings. The predicted octanol–water partition coefficient (Wildman–Crippen LogP) is 0.428. The van der Waals surface area contributed by atoms with E-state index in [0.29, 0.717) is 5.92 Å². The van der Waals surface area contributed by atoms with Crippen molar-refractivity contribution in [3.8, 4) is 0 Å². The van der Waals surface area contributed by atoms with Crippen molar-refractivity contribution >= 4 is 0 Å². The molecule has 0 unspecified atom stereocenters. The minimum atomic E-state index is 0.710. The van der Waals surface area contributed by atoms with Crippen molar-refractivity contribution in [2.75, 3.05) is 66.1 Å². The van der Waals surface area contributed by atoms with Gasteiger partial charge in [-0.1, -0.05) is 13.8 Å². The number of ether oxygens (including phenoxy) is 1. The van der Waals surface area contributed by atoms with Crippen LogP contribution in [0.1, 0.15) is 13.8 Å². The number of hydrogen-bond acceptors (Lipinski definition) is 5. The van der Waals surface area contributed by atoms with Crippen molar-refractivity contribution in [1.82, 2.24) is 15.3 Å². The van der Waals surface area contributed by atoms with Gasteiger partial charge in [0.25, 0.3) is 0 Å². The average Bonchev–Trinajstić information content (AvgIpc) is 2.38. The first-order chi connectivity index (χ1) is 8.72. The van der Waals surface area contributed by atoms with Crippen LogP contribution in [-0.4, -0.2) is 76.1 Å². The Bertz CT molecular complexity index is 195. The Morgan fingerprint density at radius 1 is 1.11 bits per heavy atom. The van der Waals surface area contributed by atoms with Gasteiger partial charge in [-0.2, -0.15) is 5.06 Å². The first-order valence-electron chi connectivity index (χ1n) is 7.02. The molecule has 1 heterocycles. The molecular formula is C13H29N3O2. The highest BCUT2D eigenvalue weighted by atomic mass is 16.7. The molecule has 0 spiro atoms. The molecule has 0 amide bonds. The van der Waals surface area contributed by atoms with Gasteiger partial charge >= 0.3 is 0 Å². The third-order valence-corrected chi connectivity index (χ3v) is 3.12. The highest BCUT2D eigenvalue weighted by molar-refractivity contribution is 4.66. The van der Waals surface area contributed by atoms with Crippen LogP contribution in [0.25, 0.3) is 0 Å². The summed E-state index contributed by atoms with van der Waals surface area (Å²) < 4.78 is 5.62. The van der Waals surface area contributed by atoms with Crippen LogP contribution < -0.4 is 5.32 Å². The monoisotopic (exact) mass is 259 g/mol. The Labute approximate surface area is 111 Å². The number of piperazine rings is 1. The maximum atomic E-state index is 5.62. The van der Waals surface area contributed by atoms with Crippen LogP contribution in [-0.2, 0) is 9.57 Å². The molecule has 1 fully saturated rings. The largest absolute Gasteiger partial charge is 0.379 e. The lowest BCUT2D eigenvalue weighted by molar-refractivity contribution is -0.152. The van der Waals surface area contributed by atoms with Crippen molar-refractivity contribution in [1.29, 1.82) is 0 Å². The number of nitrogens with zero attached hydrogens (tertiary/aromatic N) is 2. The number of hydroxylamine groups is 2. The van der Waals surface area contributed by atoms with Crippen LogP contribution in [0.2, 0.25) is 0 Å². The number of hydrogen-bond donors (Lipinski definition) is 1. The Morgan fingerprint density at radius 2 is 1.83 bits per heavy atom. The zero-order chi connectivity index (χ0) is 13.2. The normalized spacial score (nSPS) is 18.7. The number of rotatable bonds is 9. The minimum absolute atomic E-state index is 0.710. The molecule has 108 valence electrons. The zero-order valence-corrected chi connectivity index (χ0v) is 12.2. The van der Waals surface area contributed by atoms with E-state index in [1.807, 2.05) is 5.06 Å². The van der Waals surface area contributed by atoms with Gasteiger partial charge in [-0.15, -0.1) is 0 Å². The van der Waals surface area contributed by atoms with Gasteiger partial charge < -0.3 is 14.9 Å². The van der Waals surface area contributed by atoms with E-state index in [9.17, 15) is 0 Å². The zero-order valence-electron chi connectivity index (χ0n) is 12.2. The molecule has 0 aromatic rings. The molecule has 0 aromatic carbocycles. The van der Waals surface area contributed by atoms with E-state index < -0.39 is 0 Å². The average molecular weight is 259 g/mol. The summed E-state index contributed by atoms with van der Waals surface area (Å²) in [7, 11) is 1.74. The Kier molecular flexibility index (Phi) is 8.54. The fourth-order valence-electron chi connectivity index (χ4n) is 1.97. The van der Waals surface area contributed by atoms with E-state index in [2.05, 4.69) is 24.1 Å². The van der Waals surface area contributed by atoms with Crippen LogP contribution in [0.3, 0.4) is 0 Å². The van der Waals surface area contributed by atoms with Gasteiger partial charge in [0.05, 0.1) is 20.3 Å². The molecule has 5 heteroatoms. The second-order valence-electron chi connectivity index (χ2n) is 5.16. The van der Waals surface area contributed by atoms with Crippen molar-refractivity contribution < 1.29 is 9.57 Å². The molecule has 0 atom stereocenters. The van der Waals surface area contributed by atoms with Crippen molar-refractivity contribution in [2.24, 2.45) is 5.92 Å². The molecule has 1 aliphatic heterocycles. The summed E-state index contributed by atoms with van der Waals surface area (Å²) in [6.45, 7) is 13.3. The standard InChI is InChI=1S/C13H29N3O2/c1-13(2)12-14-4-10-18-11-9-15-5-7-16(17-3)8-6-15/h13-14H,4-12H2,1-3H3. The second kappa shape index (κ2) is 9.69. The van der Waals surface area contributed by atoms with E-state index in [1.165, 1.54) is 0 Å². The smallest absolute Gasteiger partial charge is 0.0594 e. The quantitative estimate of drug-likeness (QED) is 0.608. The van der Waals surface area contributed by atoms with Gasteiger partial charge in [0.1, 0.15) is 0 Å². The SMILES string of the molecule is CON1CCN(CCOCCNCC(C)C)CC1. The Morgan fingerprint density at radius 3 is 2.44 bits per heavy atom. The third-order valence-electron chi connectivity index (χ3n) is 3.12. The summed E-state index contributed by atoms with van der Waals surface area (Å²) in [6.07, 6.45) is 0. The molecule has 0 aromatic heterocycles. The summed E-state index contributed by atoms with van der Waals surface area (Å²) >= 11 is 0. The third kappa shape index (κ3) is 7.28. The van der Waals surface area contributed by atoms with Gasteiger partial charge in [0.2, 0.25) is 0 Å². The lowest BCUT2D eigenvalue weighted by Crippen LogP contribution is -2.46. The van der Waals surface area contributed by atoms with Gasteiger partial charge in [0, 0.05) is 39.3 Å². The van der Waals surface area contributed by atoms with E-state index >= 15 is 0 Å². The van der Waals surface area contributed by atoms with Crippen molar-refractivity contribution in [3.05, 3.63) is 0 Å². The molecular weight excluding hydrogens is 230 g/mol. The summed E-state index contributed by atoms with van der Waals surface area (Å²) in [5.74, 6) is 0.710. The summed E-state index contributed by atoms with van der Waals surface area (Å²) in [4.78, 5) is 7.62. The highest BCUT2D eigenvalue weighted by Crippen LogP contribution is 2.00. The van der Waals surface area contributed by atoms with Gasteiger partial charge in [0.15, 0.2) is 0 Å². The molecule has 0 aliphatic carbocycles. The van der Waals surface area contributed by atoms with E-state index in [-0.39, 0.29) is 0 Å². The minimum Gasteiger partial charge on any atom is -0.379 e. The maximum Gasteiger partial charge on any atom is 0.0594 e. The van der Waals surface area contributed by atoms with Crippen molar-refractivity contribution in [2.45, 2.75) is 13.8 Å². The molecule has 0 radical (unpaired) electrons. The lowest BCUT2D eigenvalue weighted by atomic mass is 10.2. The topological polar surface area (TPSA) is 37.0 Å².